The lowest BCUT2D eigenvalue weighted by Crippen LogP contribution is -2.47. The number of ketones is 1. The quantitative estimate of drug-likeness (QED) is 0.712. The van der Waals surface area contributed by atoms with Crippen molar-refractivity contribution in [3.63, 3.8) is 0 Å². The Bertz CT molecular complexity index is 664. The van der Waals surface area contributed by atoms with E-state index in [0.717, 1.165) is 38.3 Å². The van der Waals surface area contributed by atoms with Gasteiger partial charge in [-0.3, -0.25) is 14.6 Å². The van der Waals surface area contributed by atoms with Gasteiger partial charge in [-0.2, -0.15) is 0 Å². The van der Waals surface area contributed by atoms with Gasteiger partial charge in [0.2, 0.25) is 0 Å². The Kier molecular flexibility index (Phi) is 6.68. The van der Waals surface area contributed by atoms with Gasteiger partial charge in [0.25, 0.3) is 0 Å². The van der Waals surface area contributed by atoms with E-state index in [1.54, 1.807) is 11.8 Å². The highest BCUT2D eigenvalue weighted by atomic mass is 32.2. The third-order valence-electron chi connectivity index (χ3n) is 4.67. The van der Waals surface area contributed by atoms with Crippen LogP contribution in [0.1, 0.15) is 11.1 Å². The number of benzene rings is 2. The molecule has 2 aromatic carbocycles. The fourth-order valence-electron chi connectivity index (χ4n) is 3.22. The summed E-state index contributed by atoms with van der Waals surface area (Å²) in [4.78, 5) is 18.4. The fraction of sp³-hybridized carbons (Fsp3) is 0.381. The van der Waals surface area contributed by atoms with E-state index in [4.69, 9.17) is 0 Å². The summed E-state index contributed by atoms with van der Waals surface area (Å²) in [6, 6.07) is 18.9. The fourth-order valence-corrected chi connectivity index (χ4v) is 3.63. The van der Waals surface area contributed by atoms with Gasteiger partial charge in [-0.1, -0.05) is 42.5 Å². The topological polar surface area (TPSA) is 23.6 Å². The first-order chi connectivity index (χ1) is 12.2. The molecule has 1 aliphatic heterocycles. The maximum atomic E-state index is 12.3. The molecule has 1 heterocycles. The average molecular weight is 355 g/mol. The van der Waals surface area contributed by atoms with E-state index in [1.165, 1.54) is 10.5 Å². The number of carbonyl (C=O) groups excluding carboxylic acids is 1. The summed E-state index contributed by atoms with van der Waals surface area (Å²) in [5.41, 5.74) is 2.48. The summed E-state index contributed by atoms with van der Waals surface area (Å²) < 4.78 is 0. The highest BCUT2D eigenvalue weighted by molar-refractivity contribution is 7.98. The lowest BCUT2D eigenvalue weighted by atomic mass is 10.1. The first kappa shape index (κ1) is 18.2. The van der Waals surface area contributed by atoms with E-state index in [2.05, 4.69) is 70.7 Å². The van der Waals surface area contributed by atoms with Crippen molar-refractivity contribution in [2.24, 2.45) is 0 Å². The SMILES string of the molecule is CSc1ccc(CC(=O)CN2CCN(Cc3ccccc3)CC2)cc1. The highest BCUT2D eigenvalue weighted by Gasteiger charge is 2.19. The standard InChI is InChI=1S/C21H26N2OS/c1-25-21-9-7-18(8-10-21)15-20(24)17-23-13-11-22(12-14-23)16-19-5-3-2-4-6-19/h2-10H,11-17H2,1H3. The Morgan fingerprint density at radius 1 is 0.880 bits per heavy atom. The third kappa shape index (κ3) is 5.70. The molecule has 0 unspecified atom stereocenters. The maximum absolute atomic E-state index is 12.3. The van der Waals surface area contributed by atoms with Crippen LogP contribution in [0.5, 0.6) is 0 Å². The van der Waals surface area contributed by atoms with Crippen molar-refractivity contribution in [3.05, 3.63) is 65.7 Å². The van der Waals surface area contributed by atoms with Gasteiger partial charge < -0.3 is 0 Å². The molecular formula is C21H26N2OS. The van der Waals surface area contributed by atoms with Crippen LogP contribution >= 0.6 is 11.8 Å². The minimum Gasteiger partial charge on any atom is -0.298 e. The summed E-state index contributed by atoms with van der Waals surface area (Å²) in [7, 11) is 0. The molecule has 132 valence electrons. The van der Waals surface area contributed by atoms with Gasteiger partial charge in [-0.15, -0.1) is 11.8 Å². The van der Waals surface area contributed by atoms with E-state index in [1.807, 2.05) is 0 Å². The Labute approximate surface area is 155 Å². The summed E-state index contributed by atoms with van der Waals surface area (Å²) in [5, 5.41) is 0. The van der Waals surface area contributed by atoms with Gasteiger partial charge in [0.15, 0.2) is 5.78 Å². The number of piperazine rings is 1. The van der Waals surface area contributed by atoms with Crippen molar-refractivity contribution in [2.45, 2.75) is 17.9 Å². The van der Waals surface area contributed by atoms with Gasteiger partial charge in [0.1, 0.15) is 0 Å². The lowest BCUT2D eigenvalue weighted by Gasteiger charge is -2.34. The van der Waals surface area contributed by atoms with E-state index in [0.29, 0.717) is 18.7 Å². The molecule has 1 fully saturated rings. The second kappa shape index (κ2) is 9.18. The first-order valence-corrected chi connectivity index (χ1v) is 10.1. The number of Topliss-reactive ketones (excluding diaryl/α,β-unsaturated/α-hetero) is 1. The molecule has 0 amide bonds. The third-order valence-corrected chi connectivity index (χ3v) is 5.42. The molecule has 1 aliphatic rings. The summed E-state index contributed by atoms with van der Waals surface area (Å²) >= 11 is 1.73. The highest BCUT2D eigenvalue weighted by Crippen LogP contribution is 2.15. The van der Waals surface area contributed by atoms with Crippen molar-refractivity contribution in [1.29, 1.82) is 0 Å². The van der Waals surface area contributed by atoms with E-state index in [9.17, 15) is 4.79 Å². The zero-order chi connectivity index (χ0) is 17.5. The monoisotopic (exact) mass is 354 g/mol. The maximum Gasteiger partial charge on any atom is 0.151 e. The van der Waals surface area contributed by atoms with Gasteiger partial charge in [-0.25, -0.2) is 0 Å². The average Bonchev–Trinajstić information content (AvgIpc) is 2.65. The lowest BCUT2D eigenvalue weighted by molar-refractivity contribution is -0.120. The Hall–Kier alpha value is -1.62. The normalized spacial score (nSPS) is 16.0. The molecule has 0 radical (unpaired) electrons. The molecule has 1 saturated heterocycles. The predicted octanol–water partition coefficient (Wildman–Crippen LogP) is 3.34. The predicted molar refractivity (Wildman–Crippen MR) is 105 cm³/mol. The molecule has 3 rings (SSSR count). The van der Waals surface area contributed by atoms with Crippen LogP contribution in [0.2, 0.25) is 0 Å². The molecule has 0 bridgehead atoms. The Morgan fingerprint density at radius 2 is 1.52 bits per heavy atom. The van der Waals surface area contributed by atoms with E-state index >= 15 is 0 Å². The first-order valence-electron chi connectivity index (χ1n) is 8.86. The van der Waals surface area contributed by atoms with Crippen LogP contribution in [-0.4, -0.2) is 54.6 Å². The number of nitrogens with zero attached hydrogens (tertiary/aromatic N) is 2. The number of hydrogen-bond acceptors (Lipinski definition) is 4. The smallest absolute Gasteiger partial charge is 0.151 e. The van der Waals surface area contributed by atoms with Crippen molar-refractivity contribution in [1.82, 2.24) is 9.80 Å². The number of thioether (sulfide) groups is 1. The number of rotatable bonds is 7. The number of carbonyl (C=O) groups is 1. The molecule has 2 aromatic rings. The molecular weight excluding hydrogens is 328 g/mol. The molecule has 4 heteroatoms. The molecule has 0 aliphatic carbocycles. The van der Waals surface area contributed by atoms with E-state index in [-0.39, 0.29) is 0 Å². The largest absolute Gasteiger partial charge is 0.298 e. The zero-order valence-corrected chi connectivity index (χ0v) is 15.7. The molecule has 0 spiro atoms. The van der Waals surface area contributed by atoms with E-state index < -0.39 is 0 Å². The van der Waals surface area contributed by atoms with Crippen molar-refractivity contribution < 1.29 is 4.79 Å². The molecule has 0 saturated carbocycles. The van der Waals surface area contributed by atoms with Gasteiger partial charge in [-0.05, 0) is 29.5 Å². The summed E-state index contributed by atoms with van der Waals surface area (Å²) in [6.07, 6.45) is 2.61. The second-order valence-corrected chi connectivity index (χ2v) is 7.48. The van der Waals surface area contributed by atoms with Gasteiger partial charge in [0, 0.05) is 44.0 Å². The van der Waals surface area contributed by atoms with Gasteiger partial charge in [0.05, 0.1) is 6.54 Å². The van der Waals surface area contributed by atoms with Crippen LogP contribution in [-0.2, 0) is 17.8 Å². The Balaban J connectivity index is 1.41. The molecule has 3 nitrogen and oxygen atoms in total. The van der Waals surface area contributed by atoms with Gasteiger partial charge >= 0.3 is 0 Å². The van der Waals surface area contributed by atoms with Crippen LogP contribution in [0.4, 0.5) is 0 Å². The molecule has 25 heavy (non-hydrogen) atoms. The molecule has 0 atom stereocenters. The summed E-state index contributed by atoms with van der Waals surface area (Å²) in [6.45, 7) is 5.59. The van der Waals surface area contributed by atoms with Crippen molar-refractivity contribution >= 4 is 17.5 Å². The van der Waals surface area contributed by atoms with Crippen molar-refractivity contribution in [2.75, 3.05) is 39.0 Å². The molecule has 0 aromatic heterocycles. The van der Waals surface area contributed by atoms with Crippen LogP contribution in [0, 0.1) is 0 Å². The van der Waals surface area contributed by atoms with Crippen LogP contribution < -0.4 is 0 Å². The second-order valence-electron chi connectivity index (χ2n) is 6.60. The zero-order valence-electron chi connectivity index (χ0n) is 14.9. The number of hydrogen-bond donors (Lipinski definition) is 0. The minimum atomic E-state index is 0.313. The summed E-state index contributed by atoms with van der Waals surface area (Å²) in [5.74, 6) is 0.313. The minimum absolute atomic E-state index is 0.313. The van der Waals surface area contributed by atoms with Crippen molar-refractivity contribution in [3.8, 4) is 0 Å². The molecule has 0 N–H and O–H groups in total. The van der Waals surface area contributed by atoms with Crippen LogP contribution in [0.25, 0.3) is 0 Å². The van der Waals surface area contributed by atoms with Crippen LogP contribution in [0.3, 0.4) is 0 Å². The van der Waals surface area contributed by atoms with Crippen LogP contribution in [0.15, 0.2) is 59.5 Å². The Morgan fingerprint density at radius 3 is 2.16 bits per heavy atom.